The number of amides is 1. The minimum absolute atomic E-state index is 0.0324. The summed E-state index contributed by atoms with van der Waals surface area (Å²) in [5.41, 5.74) is 1.07. The second kappa shape index (κ2) is 8.58. The number of hydrogen-bond donors (Lipinski definition) is 2. The van der Waals surface area contributed by atoms with E-state index >= 15 is 0 Å². The van der Waals surface area contributed by atoms with Crippen LogP contribution < -0.4 is 5.32 Å². The molecule has 1 saturated heterocycles. The molecule has 1 amide bonds. The van der Waals surface area contributed by atoms with E-state index in [1.54, 1.807) is 12.4 Å². The number of pyridine rings is 1. The number of aliphatic hydroxyl groups excluding tert-OH is 1. The third-order valence-corrected chi connectivity index (χ3v) is 5.39. The van der Waals surface area contributed by atoms with Gasteiger partial charge in [0.1, 0.15) is 0 Å². The minimum atomic E-state index is -0.451. The van der Waals surface area contributed by atoms with E-state index in [0.717, 1.165) is 44.3 Å². The Morgan fingerprint density at radius 3 is 2.79 bits per heavy atom. The molecular weight excluding hydrogens is 302 g/mol. The molecule has 1 aromatic rings. The lowest BCUT2D eigenvalue weighted by Crippen LogP contribution is -2.52. The molecule has 1 aliphatic carbocycles. The first-order valence-electron chi connectivity index (χ1n) is 9.34. The van der Waals surface area contributed by atoms with Gasteiger partial charge in [0.25, 0.3) is 0 Å². The van der Waals surface area contributed by atoms with Crippen molar-refractivity contribution >= 4 is 5.91 Å². The van der Waals surface area contributed by atoms with Crippen LogP contribution in [0.15, 0.2) is 24.5 Å². The molecule has 5 nitrogen and oxygen atoms in total. The SMILES string of the molecule is O=C(CCc1cccnc1)N[C@@H]1CCCC[C@@H](N2CCCC2)[C@@H]1O. The van der Waals surface area contributed by atoms with E-state index in [9.17, 15) is 9.90 Å². The average molecular weight is 331 g/mol. The Kier molecular flexibility index (Phi) is 6.21. The van der Waals surface area contributed by atoms with Crippen molar-refractivity contribution in [2.75, 3.05) is 13.1 Å². The number of aromatic nitrogens is 1. The van der Waals surface area contributed by atoms with Crippen LogP contribution >= 0.6 is 0 Å². The molecule has 0 radical (unpaired) electrons. The monoisotopic (exact) mass is 331 g/mol. The zero-order valence-electron chi connectivity index (χ0n) is 14.4. The highest BCUT2D eigenvalue weighted by molar-refractivity contribution is 5.76. The van der Waals surface area contributed by atoms with Crippen molar-refractivity contribution in [2.24, 2.45) is 0 Å². The first-order chi connectivity index (χ1) is 11.7. The van der Waals surface area contributed by atoms with E-state index in [2.05, 4.69) is 15.2 Å². The number of nitrogens with one attached hydrogen (secondary N) is 1. The summed E-state index contributed by atoms with van der Waals surface area (Å²) in [5.74, 6) is 0.0324. The Balaban J connectivity index is 1.53. The van der Waals surface area contributed by atoms with Crippen LogP contribution in [0.25, 0.3) is 0 Å². The number of rotatable bonds is 5. The largest absolute Gasteiger partial charge is 0.389 e. The molecule has 5 heteroatoms. The predicted molar refractivity (Wildman–Crippen MR) is 93.6 cm³/mol. The van der Waals surface area contributed by atoms with Gasteiger partial charge < -0.3 is 10.4 Å². The summed E-state index contributed by atoms with van der Waals surface area (Å²) in [6.07, 6.45) is 10.8. The van der Waals surface area contributed by atoms with Crippen molar-refractivity contribution in [1.29, 1.82) is 0 Å². The molecule has 1 aliphatic heterocycles. The molecule has 1 saturated carbocycles. The van der Waals surface area contributed by atoms with Crippen molar-refractivity contribution in [1.82, 2.24) is 15.2 Å². The lowest BCUT2D eigenvalue weighted by Gasteiger charge is -2.34. The number of nitrogens with zero attached hydrogens (tertiary/aromatic N) is 2. The highest BCUT2D eigenvalue weighted by Gasteiger charge is 2.35. The number of aryl methyl sites for hydroxylation is 1. The minimum Gasteiger partial charge on any atom is -0.389 e. The van der Waals surface area contributed by atoms with Gasteiger partial charge in [0, 0.05) is 24.9 Å². The maximum atomic E-state index is 12.3. The van der Waals surface area contributed by atoms with Gasteiger partial charge in [-0.2, -0.15) is 0 Å². The Bertz CT molecular complexity index is 517. The van der Waals surface area contributed by atoms with E-state index < -0.39 is 6.10 Å². The van der Waals surface area contributed by atoms with Crippen LogP contribution in [0.1, 0.15) is 50.5 Å². The molecule has 2 N–H and O–H groups in total. The van der Waals surface area contributed by atoms with Gasteiger partial charge in [-0.3, -0.25) is 14.7 Å². The summed E-state index contributed by atoms with van der Waals surface area (Å²) >= 11 is 0. The van der Waals surface area contributed by atoms with Crippen LogP contribution in [0.5, 0.6) is 0 Å². The molecule has 132 valence electrons. The number of carbonyl (C=O) groups is 1. The molecule has 2 fully saturated rings. The quantitative estimate of drug-likeness (QED) is 0.809. The van der Waals surface area contributed by atoms with Crippen LogP contribution in [0.3, 0.4) is 0 Å². The lowest BCUT2D eigenvalue weighted by atomic mass is 10.00. The molecule has 0 spiro atoms. The van der Waals surface area contributed by atoms with E-state index in [1.165, 1.54) is 12.8 Å². The zero-order chi connectivity index (χ0) is 16.8. The van der Waals surface area contributed by atoms with Gasteiger partial charge in [0.05, 0.1) is 12.1 Å². The summed E-state index contributed by atoms with van der Waals surface area (Å²) in [6.45, 7) is 2.17. The maximum Gasteiger partial charge on any atom is 0.220 e. The third kappa shape index (κ3) is 4.54. The molecule has 0 bridgehead atoms. The molecule has 24 heavy (non-hydrogen) atoms. The fourth-order valence-corrected chi connectivity index (χ4v) is 4.04. The molecular formula is C19H29N3O2. The van der Waals surface area contributed by atoms with Gasteiger partial charge >= 0.3 is 0 Å². The van der Waals surface area contributed by atoms with Gasteiger partial charge in [-0.05, 0) is 56.8 Å². The van der Waals surface area contributed by atoms with Crippen LogP contribution in [0, 0.1) is 0 Å². The van der Waals surface area contributed by atoms with Gasteiger partial charge in [-0.1, -0.05) is 18.9 Å². The first kappa shape index (κ1) is 17.4. The molecule has 1 aromatic heterocycles. The van der Waals surface area contributed by atoms with Crippen molar-refractivity contribution in [3.8, 4) is 0 Å². The highest BCUT2D eigenvalue weighted by Crippen LogP contribution is 2.26. The molecule has 3 rings (SSSR count). The van der Waals surface area contributed by atoms with Crippen molar-refractivity contribution < 1.29 is 9.90 Å². The Morgan fingerprint density at radius 1 is 1.25 bits per heavy atom. The van der Waals surface area contributed by atoms with Gasteiger partial charge in [-0.15, -0.1) is 0 Å². The number of likely N-dealkylation sites (tertiary alicyclic amines) is 1. The van der Waals surface area contributed by atoms with Gasteiger partial charge in [0.15, 0.2) is 0 Å². The van der Waals surface area contributed by atoms with E-state index in [4.69, 9.17) is 0 Å². The second-order valence-corrected chi connectivity index (χ2v) is 7.12. The zero-order valence-corrected chi connectivity index (χ0v) is 14.4. The maximum absolute atomic E-state index is 12.3. The summed E-state index contributed by atoms with van der Waals surface area (Å²) in [6, 6.07) is 3.98. The Morgan fingerprint density at radius 2 is 2.04 bits per heavy atom. The lowest BCUT2D eigenvalue weighted by molar-refractivity contribution is -0.123. The van der Waals surface area contributed by atoms with Crippen LogP contribution in [0.4, 0.5) is 0 Å². The smallest absolute Gasteiger partial charge is 0.220 e. The summed E-state index contributed by atoms with van der Waals surface area (Å²) < 4.78 is 0. The normalized spacial score (nSPS) is 28.5. The third-order valence-electron chi connectivity index (χ3n) is 5.39. The number of hydrogen-bond acceptors (Lipinski definition) is 4. The van der Waals surface area contributed by atoms with E-state index in [-0.39, 0.29) is 18.0 Å². The van der Waals surface area contributed by atoms with Crippen LogP contribution in [0.2, 0.25) is 0 Å². The Hall–Kier alpha value is -1.46. The highest BCUT2D eigenvalue weighted by atomic mass is 16.3. The standard InChI is InChI=1S/C19H29N3O2/c23-18(10-9-15-6-5-11-20-14-15)21-16-7-1-2-8-17(19(16)24)22-12-3-4-13-22/h5-6,11,14,16-17,19,24H,1-4,7-10,12-13H2,(H,21,23)/t16-,17-,19-/m1/s1. The number of carbonyl (C=O) groups excluding carboxylic acids is 1. The predicted octanol–water partition coefficient (Wildman–Crippen LogP) is 1.90. The van der Waals surface area contributed by atoms with Crippen molar-refractivity contribution in [3.63, 3.8) is 0 Å². The van der Waals surface area contributed by atoms with Crippen molar-refractivity contribution in [3.05, 3.63) is 30.1 Å². The second-order valence-electron chi connectivity index (χ2n) is 7.12. The Labute approximate surface area is 144 Å². The van der Waals surface area contributed by atoms with E-state index in [0.29, 0.717) is 12.8 Å². The molecule has 3 atom stereocenters. The molecule has 0 aromatic carbocycles. The summed E-state index contributed by atoms with van der Waals surface area (Å²) in [4.78, 5) is 18.8. The molecule has 2 heterocycles. The topological polar surface area (TPSA) is 65.5 Å². The molecule has 0 unspecified atom stereocenters. The summed E-state index contributed by atoms with van der Waals surface area (Å²) in [5, 5.41) is 13.9. The summed E-state index contributed by atoms with van der Waals surface area (Å²) in [7, 11) is 0. The van der Waals surface area contributed by atoms with Crippen molar-refractivity contribution in [2.45, 2.75) is 69.6 Å². The van der Waals surface area contributed by atoms with Gasteiger partial charge in [0.2, 0.25) is 5.91 Å². The number of aliphatic hydroxyl groups is 1. The molecule has 2 aliphatic rings. The fourth-order valence-electron chi connectivity index (χ4n) is 4.04. The van der Waals surface area contributed by atoms with Crippen LogP contribution in [-0.2, 0) is 11.2 Å². The van der Waals surface area contributed by atoms with E-state index in [1.807, 2.05) is 12.1 Å². The average Bonchev–Trinajstić information content (AvgIpc) is 3.07. The first-order valence-corrected chi connectivity index (χ1v) is 9.34. The fraction of sp³-hybridized carbons (Fsp3) is 0.684. The van der Waals surface area contributed by atoms with Crippen LogP contribution in [-0.4, -0.2) is 52.2 Å². The van der Waals surface area contributed by atoms with Gasteiger partial charge in [-0.25, -0.2) is 0 Å².